The quantitative estimate of drug-likeness (QED) is 0.766. The Balaban J connectivity index is 2.42. The number of aliphatic hydroxyl groups is 1. The molecular formula is C11H22N2O2. The molecule has 0 aromatic rings. The summed E-state index contributed by atoms with van der Waals surface area (Å²) in [6.45, 7) is 7.39. The van der Waals surface area contributed by atoms with E-state index in [1.54, 1.807) is 0 Å². The second-order valence-corrected chi connectivity index (χ2v) is 4.07. The Morgan fingerprint density at radius 2 is 1.87 bits per heavy atom. The highest BCUT2D eigenvalue weighted by Gasteiger charge is 2.24. The number of rotatable bonds is 3. The molecule has 1 aliphatic rings. The van der Waals surface area contributed by atoms with Crippen LogP contribution in [-0.4, -0.2) is 53.7 Å². The largest absolute Gasteiger partial charge is 0.396 e. The molecule has 0 radical (unpaired) electrons. The highest BCUT2D eigenvalue weighted by Crippen LogP contribution is 2.17. The van der Waals surface area contributed by atoms with Crippen molar-refractivity contribution in [2.45, 2.75) is 26.7 Å². The fourth-order valence-electron chi connectivity index (χ4n) is 2.00. The molecule has 0 saturated carbocycles. The molecule has 1 heterocycles. The molecule has 0 aliphatic carbocycles. The van der Waals surface area contributed by atoms with Gasteiger partial charge in [0.1, 0.15) is 0 Å². The number of hydrogen-bond acceptors (Lipinski definition) is 2. The maximum Gasteiger partial charge on any atom is 0.319 e. The van der Waals surface area contributed by atoms with E-state index in [-0.39, 0.29) is 12.6 Å². The van der Waals surface area contributed by atoms with Crippen LogP contribution in [0.15, 0.2) is 0 Å². The van der Waals surface area contributed by atoms with Gasteiger partial charge in [0.05, 0.1) is 0 Å². The Morgan fingerprint density at radius 3 is 2.27 bits per heavy atom. The highest BCUT2D eigenvalue weighted by atomic mass is 16.3. The lowest BCUT2D eigenvalue weighted by atomic mass is 9.98. The number of carbonyl (C=O) groups excluding carboxylic acids is 1. The van der Waals surface area contributed by atoms with Gasteiger partial charge in [0, 0.05) is 32.8 Å². The first-order chi connectivity index (χ1) is 7.22. The summed E-state index contributed by atoms with van der Waals surface area (Å²) in [6, 6.07) is 0.149. The van der Waals surface area contributed by atoms with Crippen LogP contribution in [0.3, 0.4) is 0 Å². The van der Waals surface area contributed by atoms with Gasteiger partial charge >= 0.3 is 6.03 Å². The van der Waals surface area contributed by atoms with E-state index in [1.165, 1.54) is 0 Å². The number of urea groups is 1. The molecule has 0 spiro atoms. The molecule has 0 aromatic heterocycles. The van der Waals surface area contributed by atoms with Crippen LogP contribution in [0.4, 0.5) is 4.79 Å². The average Bonchev–Trinajstić information content (AvgIpc) is 2.30. The summed E-state index contributed by atoms with van der Waals surface area (Å²) >= 11 is 0. The van der Waals surface area contributed by atoms with E-state index in [9.17, 15) is 4.79 Å². The van der Waals surface area contributed by atoms with Crippen molar-refractivity contribution in [3.8, 4) is 0 Å². The van der Waals surface area contributed by atoms with Crippen molar-refractivity contribution >= 4 is 6.03 Å². The van der Waals surface area contributed by atoms with Gasteiger partial charge in [-0.15, -0.1) is 0 Å². The number of piperidine rings is 1. The summed E-state index contributed by atoms with van der Waals surface area (Å²) in [5.74, 6) is 0.394. The lowest BCUT2D eigenvalue weighted by molar-refractivity contribution is 0.116. The molecule has 0 bridgehead atoms. The van der Waals surface area contributed by atoms with Gasteiger partial charge in [0.2, 0.25) is 0 Å². The minimum Gasteiger partial charge on any atom is -0.396 e. The van der Waals surface area contributed by atoms with E-state index in [1.807, 2.05) is 23.6 Å². The van der Waals surface area contributed by atoms with Crippen molar-refractivity contribution in [1.29, 1.82) is 0 Å². The van der Waals surface area contributed by atoms with Crippen LogP contribution in [0.25, 0.3) is 0 Å². The Morgan fingerprint density at radius 1 is 1.33 bits per heavy atom. The van der Waals surface area contributed by atoms with Gasteiger partial charge in [-0.25, -0.2) is 4.79 Å². The predicted molar refractivity (Wildman–Crippen MR) is 59.7 cm³/mol. The van der Waals surface area contributed by atoms with Crippen LogP contribution < -0.4 is 0 Å². The Bertz CT molecular complexity index is 197. The van der Waals surface area contributed by atoms with Crippen LogP contribution in [-0.2, 0) is 0 Å². The smallest absolute Gasteiger partial charge is 0.319 e. The SMILES string of the molecule is CCN(CC)C(=O)N1CCC(CO)CC1. The second kappa shape index (κ2) is 5.95. The fourth-order valence-corrected chi connectivity index (χ4v) is 2.00. The summed E-state index contributed by atoms with van der Waals surface area (Å²) < 4.78 is 0. The molecule has 0 atom stereocenters. The zero-order chi connectivity index (χ0) is 11.3. The van der Waals surface area contributed by atoms with Crippen LogP contribution in [0.2, 0.25) is 0 Å². The minimum atomic E-state index is 0.149. The maximum absolute atomic E-state index is 11.9. The van der Waals surface area contributed by atoms with Crippen LogP contribution in [0.5, 0.6) is 0 Å². The standard InChI is InChI=1S/C11H22N2O2/c1-3-12(4-2)11(15)13-7-5-10(9-14)6-8-13/h10,14H,3-9H2,1-2H3. The Hall–Kier alpha value is -0.770. The average molecular weight is 214 g/mol. The topological polar surface area (TPSA) is 43.8 Å². The fraction of sp³-hybridized carbons (Fsp3) is 0.909. The Kier molecular flexibility index (Phi) is 4.88. The first kappa shape index (κ1) is 12.3. The third-order valence-corrected chi connectivity index (χ3v) is 3.18. The molecule has 4 heteroatoms. The summed E-state index contributed by atoms with van der Waals surface area (Å²) in [5, 5.41) is 9.00. The molecule has 0 unspecified atom stereocenters. The van der Waals surface area contributed by atoms with E-state index in [2.05, 4.69) is 0 Å². The van der Waals surface area contributed by atoms with Crippen molar-refractivity contribution in [2.24, 2.45) is 5.92 Å². The molecule has 1 fully saturated rings. The first-order valence-electron chi connectivity index (χ1n) is 5.87. The van der Waals surface area contributed by atoms with E-state index < -0.39 is 0 Å². The molecule has 1 N–H and O–H groups in total. The number of amides is 2. The van der Waals surface area contributed by atoms with Gasteiger partial charge in [0.15, 0.2) is 0 Å². The van der Waals surface area contributed by atoms with E-state index >= 15 is 0 Å². The normalized spacial score (nSPS) is 17.9. The van der Waals surface area contributed by atoms with E-state index in [4.69, 9.17) is 5.11 Å². The van der Waals surface area contributed by atoms with Crippen molar-refractivity contribution in [3.63, 3.8) is 0 Å². The third kappa shape index (κ3) is 3.09. The van der Waals surface area contributed by atoms with E-state index in [0.717, 1.165) is 39.0 Å². The van der Waals surface area contributed by atoms with Crippen molar-refractivity contribution in [3.05, 3.63) is 0 Å². The molecule has 1 aliphatic heterocycles. The van der Waals surface area contributed by atoms with E-state index in [0.29, 0.717) is 5.92 Å². The maximum atomic E-state index is 11.9. The molecule has 15 heavy (non-hydrogen) atoms. The summed E-state index contributed by atoms with van der Waals surface area (Å²) in [4.78, 5) is 15.7. The highest BCUT2D eigenvalue weighted by molar-refractivity contribution is 5.74. The minimum absolute atomic E-state index is 0.149. The molecule has 88 valence electrons. The third-order valence-electron chi connectivity index (χ3n) is 3.18. The molecule has 0 aromatic carbocycles. The molecule has 2 amide bonds. The predicted octanol–water partition coefficient (Wildman–Crippen LogP) is 1.15. The zero-order valence-corrected chi connectivity index (χ0v) is 9.78. The van der Waals surface area contributed by atoms with Gasteiger partial charge in [-0.2, -0.15) is 0 Å². The second-order valence-electron chi connectivity index (χ2n) is 4.07. The number of carbonyl (C=O) groups is 1. The van der Waals surface area contributed by atoms with Gasteiger partial charge in [-0.05, 0) is 32.6 Å². The lowest BCUT2D eigenvalue weighted by Crippen LogP contribution is -2.46. The Labute approximate surface area is 91.9 Å². The lowest BCUT2D eigenvalue weighted by Gasteiger charge is -2.34. The molecule has 1 rings (SSSR count). The van der Waals surface area contributed by atoms with Gasteiger partial charge in [-0.3, -0.25) is 0 Å². The number of hydrogen-bond donors (Lipinski definition) is 1. The summed E-state index contributed by atoms with van der Waals surface area (Å²) in [6.07, 6.45) is 1.87. The zero-order valence-electron chi connectivity index (χ0n) is 9.78. The van der Waals surface area contributed by atoms with Gasteiger partial charge in [-0.1, -0.05) is 0 Å². The van der Waals surface area contributed by atoms with Gasteiger partial charge < -0.3 is 14.9 Å². The number of nitrogens with zero attached hydrogens (tertiary/aromatic N) is 2. The molecule has 1 saturated heterocycles. The number of likely N-dealkylation sites (tertiary alicyclic amines) is 1. The van der Waals surface area contributed by atoms with Crippen LogP contribution in [0.1, 0.15) is 26.7 Å². The van der Waals surface area contributed by atoms with Crippen LogP contribution >= 0.6 is 0 Å². The molecular weight excluding hydrogens is 192 g/mol. The van der Waals surface area contributed by atoms with Crippen molar-refractivity contribution in [1.82, 2.24) is 9.80 Å². The number of aliphatic hydroxyl groups excluding tert-OH is 1. The monoisotopic (exact) mass is 214 g/mol. The first-order valence-corrected chi connectivity index (χ1v) is 5.87. The molecule has 4 nitrogen and oxygen atoms in total. The summed E-state index contributed by atoms with van der Waals surface area (Å²) in [5.41, 5.74) is 0. The van der Waals surface area contributed by atoms with Crippen molar-refractivity contribution in [2.75, 3.05) is 32.8 Å². The van der Waals surface area contributed by atoms with Crippen LogP contribution in [0, 0.1) is 5.92 Å². The van der Waals surface area contributed by atoms with Crippen molar-refractivity contribution < 1.29 is 9.90 Å². The van der Waals surface area contributed by atoms with Gasteiger partial charge in [0.25, 0.3) is 0 Å². The summed E-state index contributed by atoms with van der Waals surface area (Å²) in [7, 11) is 0.